The Labute approximate surface area is 184 Å². The highest BCUT2D eigenvalue weighted by Crippen LogP contribution is 2.17. The van der Waals surface area contributed by atoms with E-state index >= 15 is 0 Å². The molecule has 2 aromatic rings. The second-order valence-electron chi connectivity index (χ2n) is 8.14. The van der Waals surface area contributed by atoms with Crippen LogP contribution in [0.4, 0.5) is 5.69 Å². The number of carbonyl (C=O) groups is 2. The zero-order valence-electron chi connectivity index (χ0n) is 18.6. The number of nitrogens with one attached hydrogen (secondary N) is 3. The van der Waals surface area contributed by atoms with Gasteiger partial charge < -0.3 is 25.2 Å². The fourth-order valence-corrected chi connectivity index (χ4v) is 3.96. The number of hydrogen-bond acceptors (Lipinski definition) is 4. The first kappa shape index (κ1) is 22.6. The van der Waals surface area contributed by atoms with Crippen molar-refractivity contribution >= 4 is 17.5 Å². The van der Waals surface area contributed by atoms with Crippen LogP contribution in [0.1, 0.15) is 30.0 Å². The highest BCUT2D eigenvalue weighted by molar-refractivity contribution is 6.35. The number of quaternary nitrogens is 1. The molecule has 3 rings (SSSR count). The third-order valence-electron chi connectivity index (χ3n) is 5.84. The number of hydrogen-bond donors (Lipinski definition) is 3. The molecule has 2 amide bonds. The Morgan fingerprint density at radius 1 is 0.968 bits per heavy atom. The lowest BCUT2D eigenvalue weighted by atomic mass is 10.0. The molecule has 0 aliphatic carbocycles. The van der Waals surface area contributed by atoms with Crippen molar-refractivity contribution in [2.24, 2.45) is 0 Å². The number of likely N-dealkylation sites (tertiary alicyclic amines) is 1. The smallest absolute Gasteiger partial charge is 0.309 e. The van der Waals surface area contributed by atoms with Crippen LogP contribution in [0.3, 0.4) is 0 Å². The maximum atomic E-state index is 12.4. The Morgan fingerprint density at radius 3 is 2.16 bits per heavy atom. The maximum absolute atomic E-state index is 12.4. The second-order valence-corrected chi connectivity index (χ2v) is 8.14. The number of nitrogens with zero attached hydrogens (tertiary/aromatic N) is 1. The van der Waals surface area contributed by atoms with Gasteiger partial charge in [0, 0.05) is 44.7 Å². The van der Waals surface area contributed by atoms with Crippen molar-refractivity contribution in [2.45, 2.75) is 25.4 Å². The number of carbonyl (C=O) groups excluding carboxylic acids is 2. The molecule has 7 nitrogen and oxygen atoms in total. The molecule has 1 atom stereocenters. The van der Waals surface area contributed by atoms with Gasteiger partial charge in [-0.15, -0.1) is 0 Å². The minimum absolute atomic E-state index is 0.136. The van der Waals surface area contributed by atoms with E-state index in [0.29, 0.717) is 13.1 Å². The first-order valence-corrected chi connectivity index (χ1v) is 10.8. The zero-order valence-corrected chi connectivity index (χ0v) is 18.6. The monoisotopic (exact) mass is 425 g/mol. The third-order valence-corrected chi connectivity index (χ3v) is 5.84. The van der Waals surface area contributed by atoms with Gasteiger partial charge in [0.1, 0.15) is 11.8 Å². The van der Waals surface area contributed by atoms with Crippen LogP contribution in [0.25, 0.3) is 0 Å². The fraction of sp³-hybridized carbons (Fsp3) is 0.417. The Hall–Kier alpha value is -3.06. The minimum Gasteiger partial charge on any atom is -0.497 e. The maximum Gasteiger partial charge on any atom is 0.309 e. The molecule has 31 heavy (non-hydrogen) atoms. The molecule has 1 aliphatic heterocycles. The van der Waals surface area contributed by atoms with Crippen LogP contribution in [-0.2, 0) is 16.1 Å². The summed E-state index contributed by atoms with van der Waals surface area (Å²) in [6.45, 7) is 2.90. The van der Waals surface area contributed by atoms with Gasteiger partial charge in [-0.05, 0) is 29.8 Å². The number of amides is 2. The van der Waals surface area contributed by atoms with Gasteiger partial charge in [-0.1, -0.05) is 24.3 Å². The summed E-state index contributed by atoms with van der Waals surface area (Å²) in [5.41, 5.74) is 3.23. The van der Waals surface area contributed by atoms with Crippen molar-refractivity contribution in [2.75, 3.05) is 45.7 Å². The predicted molar refractivity (Wildman–Crippen MR) is 121 cm³/mol. The molecule has 0 spiro atoms. The predicted octanol–water partition coefficient (Wildman–Crippen LogP) is 0.914. The summed E-state index contributed by atoms with van der Waals surface area (Å²) in [6.07, 6.45) is 2.38. The normalized spacial score (nSPS) is 14.7. The lowest BCUT2D eigenvalue weighted by molar-refractivity contribution is -0.918. The van der Waals surface area contributed by atoms with Gasteiger partial charge in [0.2, 0.25) is 0 Å². The van der Waals surface area contributed by atoms with Crippen LogP contribution in [0.15, 0.2) is 48.5 Å². The van der Waals surface area contributed by atoms with Gasteiger partial charge in [-0.25, -0.2) is 0 Å². The number of ether oxygens (including phenoxy) is 1. The van der Waals surface area contributed by atoms with Crippen molar-refractivity contribution in [3.63, 3.8) is 0 Å². The van der Waals surface area contributed by atoms with Gasteiger partial charge in [-0.3, -0.25) is 9.59 Å². The number of benzene rings is 2. The molecule has 1 saturated heterocycles. The van der Waals surface area contributed by atoms with Crippen molar-refractivity contribution in [3.05, 3.63) is 59.7 Å². The molecule has 3 N–H and O–H groups in total. The summed E-state index contributed by atoms with van der Waals surface area (Å²) < 4.78 is 5.13. The molecule has 7 heteroatoms. The van der Waals surface area contributed by atoms with Gasteiger partial charge in [0.05, 0.1) is 26.7 Å². The first-order valence-electron chi connectivity index (χ1n) is 10.8. The van der Waals surface area contributed by atoms with Crippen molar-refractivity contribution < 1.29 is 19.2 Å². The molecule has 1 heterocycles. The number of methoxy groups -OCH3 is 1. The third kappa shape index (κ3) is 6.21. The average molecular weight is 426 g/mol. The average Bonchev–Trinajstić information content (AvgIpc) is 3.32. The lowest BCUT2D eigenvalue weighted by Crippen LogP contribution is -3.11. The summed E-state index contributed by atoms with van der Waals surface area (Å²) in [5.74, 6) is -0.460. The van der Waals surface area contributed by atoms with E-state index in [1.807, 2.05) is 38.4 Å². The minimum atomic E-state index is -0.617. The summed E-state index contributed by atoms with van der Waals surface area (Å²) in [7, 11) is 5.64. The molecule has 2 aromatic carbocycles. The highest BCUT2D eigenvalue weighted by atomic mass is 16.5. The summed E-state index contributed by atoms with van der Waals surface area (Å²) in [5, 5.41) is 5.53. The van der Waals surface area contributed by atoms with Gasteiger partial charge in [0.15, 0.2) is 0 Å². The topological polar surface area (TPSA) is 75.1 Å². The molecule has 0 aromatic heterocycles. The van der Waals surface area contributed by atoms with E-state index in [0.717, 1.165) is 30.1 Å². The van der Waals surface area contributed by atoms with Crippen LogP contribution in [0, 0.1) is 0 Å². The first-order chi connectivity index (χ1) is 15.0. The molecule has 0 radical (unpaired) electrons. The van der Waals surface area contributed by atoms with Crippen molar-refractivity contribution in [1.82, 2.24) is 10.6 Å². The lowest BCUT2D eigenvalue weighted by Gasteiger charge is -2.25. The Morgan fingerprint density at radius 2 is 1.58 bits per heavy atom. The standard InChI is InChI=1S/C24H32N4O3/c1-27(2)20-10-8-19(9-11-20)22(28-14-4-5-15-28)17-26-24(30)23(29)25-16-18-6-12-21(31-3)13-7-18/h6-13,22H,4-5,14-17H2,1-3H3,(H,25,29)(H,26,30)/p+1/t22-/m0/s1. The van der Waals surface area contributed by atoms with Gasteiger partial charge in [0.25, 0.3) is 0 Å². The molecule has 166 valence electrons. The van der Waals surface area contributed by atoms with Crippen LogP contribution in [0.2, 0.25) is 0 Å². The second kappa shape index (κ2) is 10.8. The molecule has 1 aliphatic rings. The highest BCUT2D eigenvalue weighted by Gasteiger charge is 2.28. The molecule has 0 saturated carbocycles. The van der Waals surface area contributed by atoms with Gasteiger partial charge >= 0.3 is 11.8 Å². The largest absolute Gasteiger partial charge is 0.497 e. The van der Waals surface area contributed by atoms with Crippen LogP contribution in [-0.4, -0.2) is 52.7 Å². The van der Waals surface area contributed by atoms with E-state index in [1.165, 1.54) is 23.3 Å². The number of rotatable bonds is 8. The summed E-state index contributed by atoms with van der Waals surface area (Å²) in [4.78, 5) is 28.2. The van der Waals surface area contributed by atoms with Crippen LogP contribution >= 0.6 is 0 Å². The molecule has 1 fully saturated rings. The molecule has 0 bridgehead atoms. The molecule has 0 unspecified atom stereocenters. The van der Waals surface area contributed by atoms with E-state index in [2.05, 4.69) is 39.8 Å². The van der Waals surface area contributed by atoms with Gasteiger partial charge in [-0.2, -0.15) is 0 Å². The molecular formula is C24H33N4O3+. The van der Waals surface area contributed by atoms with Crippen molar-refractivity contribution in [1.29, 1.82) is 0 Å². The Balaban J connectivity index is 1.56. The summed E-state index contributed by atoms with van der Waals surface area (Å²) >= 11 is 0. The number of anilines is 1. The zero-order chi connectivity index (χ0) is 22.2. The molecular weight excluding hydrogens is 392 g/mol. The summed E-state index contributed by atoms with van der Waals surface area (Å²) in [6, 6.07) is 16.0. The quantitative estimate of drug-likeness (QED) is 0.550. The van der Waals surface area contributed by atoms with E-state index in [4.69, 9.17) is 4.74 Å². The van der Waals surface area contributed by atoms with E-state index in [9.17, 15) is 9.59 Å². The van der Waals surface area contributed by atoms with E-state index in [1.54, 1.807) is 7.11 Å². The Bertz CT molecular complexity index is 859. The Kier molecular flexibility index (Phi) is 7.89. The van der Waals surface area contributed by atoms with Crippen molar-refractivity contribution in [3.8, 4) is 5.75 Å². The fourth-order valence-electron chi connectivity index (χ4n) is 3.96. The van der Waals surface area contributed by atoms with Crippen LogP contribution in [0.5, 0.6) is 5.75 Å². The van der Waals surface area contributed by atoms with E-state index in [-0.39, 0.29) is 6.04 Å². The van der Waals surface area contributed by atoms with E-state index < -0.39 is 11.8 Å². The van der Waals surface area contributed by atoms with Crippen LogP contribution < -0.4 is 25.2 Å². The SMILES string of the molecule is COc1ccc(CNC(=O)C(=O)NC[C@@H](c2ccc(N(C)C)cc2)[NH+]2CCCC2)cc1.